The van der Waals surface area contributed by atoms with Crippen LogP contribution in [0.1, 0.15) is 12.0 Å². The van der Waals surface area contributed by atoms with Gasteiger partial charge in [-0.05, 0) is 31.2 Å². The molecule has 9 heteroatoms. The van der Waals surface area contributed by atoms with Crippen LogP contribution in [0.4, 0.5) is 5.69 Å². The zero-order chi connectivity index (χ0) is 21.7. The number of anilines is 1. The molecule has 0 saturated carbocycles. The molecule has 0 aromatic heterocycles. The number of aryl methyl sites for hydroxylation is 1. The lowest BCUT2D eigenvalue weighted by Crippen LogP contribution is -2.38. The first-order valence-corrected chi connectivity index (χ1v) is 11.1. The Bertz CT molecular complexity index is 1020. The number of nitrogens with one attached hydrogen (secondary N) is 2. The van der Waals surface area contributed by atoms with Gasteiger partial charge in [0.1, 0.15) is 5.75 Å². The third-order valence-electron chi connectivity index (χ3n) is 4.91. The van der Waals surface area contributed by atoms with E-state index in [1.165, 1.54) is 12.1 Å². The van der Waals surface area contributed by atoms with Crippen LogP contribution < -0.4 is 19.7 Å². The van der Waals surface area contributed by atoms with E-state index < -0.39 is 15.9 Å². The molecular formula is C21H25N3O5S. The highest BCUT2D eigenvalue weighted by Gasteiger charge is 2.35. The summed E-state index contributed by atoms with van der Waals surface area (Å²) in [6, 6.07) is 13.6. The molecule has 0 aliphatic carbocycles. The van der Waals surface area contributed by atoms with Gasteiger partial charge in [0, 0.05) is 37.8 Å². The summed E-state index contributed by atoms with van der Waals surface area (Å²) >= 11 is 0. The summed E-state index contributed by atoms with van der Waals surface area (Å²) < 4.78 is 32.2. The van der Waals surface area contributed by atoms with E-state index in [9.17, 15) is 18.0 Å². The Hall–Kier alpha value is -2.91. The second-order valence-electron chi connectivity index (χ2n) is 7.11. The van der Waals surface area contributed by atoms with E-state index in [0.29, 0.717) is 11.4 Å². The summed E-state index contributed by atoms with van der Waals surface area (Å²) in [6.45, 7) is 2.34. The van der Waals surface area contributed by atoms with Crippen LogP contribution in [0.5, 0.6) is 5.75 Å². The minimum atomic E-state index is -3.63. The van der Waals surface area contributed by atoms with Crippen molar-refractivity contribution in [2.75, 3.05) is 31.6 Å². The largest absolute Gasteiger partial charge is 0.497 e. The number of ether oxygens (including phenoxy) is 1. The number of hydrogen-bond donors (Lipinski definition) is 2. The van der Waals surface area contributed by atoms with Crippen LogP contribution >= 0.6 is 0 Å². The van der Waals surface area contributed by atoms with E-state index in [1.807, 2.05) is 6.92 Å². The normalized spacial score (nSPS) is 16.5. The molecule has 2 aromatic rings. The maximum atomic E-state index is 12.4. The van der Waals surface area contributed by atoms with Crippen molar-refractivity contribution in [3.8, 4) is 5.75 Å². The first kappa shape index (κ1) is 21.8. The number of carbonyl (C=O) groups is 2. The molecule has 1 atom stereocenters. The van der Waals surface area contributed by atoms with Crippen LogP contribution in [0.2, 0.25) is 0 Å². The van der Waals surface area contributed by atoms with Crippen molar-refractivity contribution >= 4 is 27.5 Å². The van der Waals surface area contributed by atoms with Crippen LogP contribution in [0.15, 0.2) is 53.4 Å². The number of benzene rings is 2. The van der Waals surface area contributed by atoms with Gasteiger partial charge in [0.2, 0.25) is 21.8 Å². The molecule has 1 aliphatic rings. The van der Waals surface area contributed by atoms with Crippen molar-refractivity contribution in [2.45, 2.75) is 18.2 Å². The average Bonchev–Trinajstić information content (AvgIpc) is 3.13. The zero-order valence-electron chi connectivity index (χ0n) is 16.9. The fourth-order valence-electron chi connectivity index (χ4n) is 3.23. The summed E-state index contributed by atoms with van der Waals surface area (Å²) in [5.41, 5.74) is 1.65. The van der Waals surface area contributed by atoms with Crippen LogP contribution in [0, 0.1) is 12.8 Å². The van der Waals surface area contributed by atoms with E-state index in [2.05, 4.69) is 10.0 Å². The average molecular weight is 432 g/mol. The van der Waals surface area contributed by atoms with Crippen molar-refractivity contribution in [3.63, 3.8) is 0 Å². The Kier molecular flexibility index (Phi) is 6.73. The highest BCUT2D eigenvalue weighted by atomic mass is 32.2. The van der Waals surface area contributed by atoms with Gasteiger partial charge in [-0.25, -0.2) is 13.1 Å². The predicted octanol–water partition coefficient (Wildman–Crippen LogP) is 1.45. The van der Waals surface area contributed by atoms with Gasteiger partial charge >= 0.3 is 0 Å². The second kappa shape index (κ2) is 9.27. The Labute approximate surface area is 176 Å². The molecule has 2 N–H and O–H groups in total. The lowest BCUT2D eigenvalue weighted by atomic mass is 10.1. The maximum absolute atomic E-state index is 12.4. The summed E-state index contributed by atoms with van der Waals surface area (Å²) in [6.07, 6.45) is 0.109. The number of nitrogens with zero attached hydrogens (tertiary/aromatic N) is 1. The van der Waals surface area contributed by atoms with E-state index in [1.54, 1.807) is 48.4 Å². The fraction of sp³-hybridized carbons (Fsp3) is 0.333. The summed E-state index contributed by atoms with van der Waals surface area (Å²) in [4.78, 5) is 26.5. The number of hydrogen-bond acceptors (Lipinski definition) is 5. The van der Waals surface area contributed by atoms with E-state index >= 15 is 0 Å². The van der Waals surface area contributed by atoms with Gasteiger partial charge in [0.25, 0.3) is 0 Å². The molecular weight excluding hydrogens is 406 g/mol. The third-order valence-corrected chi connectivity index (χ3v) is 6.39. The Morgan fingerprint density at radius 2 is 1.90 bits per heavy atom. The molecule has 30 heavy (non-hydrogen) atoms. The number of methoxy groups -OCH3 is 1. The standard InChI is InChI=1S/C21H25N3O5S/c1-15-6-8-19(9-7-15)30(27,28)23-11-10-22-21(26)16-12-20(25)24(14-16)17-4-3-5-18(13-17)29-2/h3-9,13,16,23H,10-12,14H2,1-2H3,(H,22,26). The molecule has 1 saturated heterocycles. The maximum Gasteiger partial charge on any atom is 0.240 e. The van der Waals surface area contributed by atoms with Crippen LogP contribution in [-0.2, 0) is 19.6 Å². The fourth-order valence-corrected chi connectivity index (χ4v) is 4.26. The van der Waals surface area contributed by atoms with Gasteiger partial charge in [-0.3, -0.25) is 9.59 Å². The second-order valence-corrected chi connectivity index (χ2v) is 8.88. The Morgan fingerprint density at radius 1 is 1.17 bits per heavy atom. The van der Waals surface area contributed by atoms with Crippen molar-refractivity contribution in [2.24, 2.45) is 5.92 Å². The van der Waals surface area contributed by atoms with Crippen molar-refractivity contribution in [3.05, 3.63) is 54.1 Å². The quantitative estimate of drug-likeness (QED) is 0.616. The van der Waals surface area contributed by atoms with Gasteiger partial charge in [0.05, 0.1) is 17.9 Å². The van der Waals surface area contributed by atoms with Crippen molar-refractivity contribution in [1.29, 1.82) is 0 Å². The van der Waals surface area contributed by atoms with Gasteiger partial charge in [-0.2, -0.15) is 0 Å². The molecule has 160 valence electrons. The molecule has 0 bridgehead atoms. The van der Waals surface area contributed by atoms with Crippen LogP contribution in [0.3, 0.4) is 0 Å². The van der Waals surface area contributed by atoms with Gasteiger partial charge < -0.3 is 15.0 Å². The summed E-state index contributed by atoms with van der Waals surface area (Å²) in [5, 5.41) is 2.70. The first-order chi connectivity index (χ1) is 14.3. The van der Waals surface area contributed by atoms with Crippen molar-refractivity contribution < 1.29 is 22.7 Å². The summed E-state index contributed by atoms with van der Waals surface area (Å²) in [7, 11) is -2.08. The molecule has 2 aromatic carbocycles. The first-order valence-electron chi connectivity index (χ1n) is 9.58. The lowest BCUT2D eigenvalue weighted by Gasteiger charge is -2.17. The molecule has 1 heterocycles. The molecule has 0 spiro atoms. The number of amides is 2. The van der Waals surface area contributed by atoms with E-state index in [4.69, 9.17) is 4.74 Å². The van der Waals surface area contributed by atoms with Gasteiger partial charge in [-0.15, -0.1) is 0 Å². The Balaban J connectivity index is 1.49. The highest BCUT2D eigenvalue weighted by molar-refractivity contribution is 7.89. The molecule has 8 nitrogen and oxygen atoms in total. The minimum Gasteiger partial charge on any atom is -0.497 e. The highest BCUT2D eigenvalue weighted by Crippen LogP contribution is 2.27. The Morgan fingerprint density at radius 3 is 2.60 bits per heavy atom. The van der Waals surface area contributed by atoms with Crippen molar-refractivity contribution in [1.82, 2.24) is 10.0 Å². The predicted molar refractivity (Wildman–Crippen MR) is 113 cm³/mol. The topological polar surface area (TPSA) is 105 Å². The number of carbonyl (C=O) groups excluding carboxylic acids is 2. The SMILES string of the molecule is COc1cccc(N2CC(C(=O)NCCNS(=O)(=O)c3ccc(C)cc3)CC2=O)c1. The van der Waals surface area contributed by atoms with E-state index in [0.717, 1.165) is 5.56 Å². The zero-order valence-corrected chi connectivity index (χ0v) is 17.7. The number of sulfonamides is 1. The summed E-state index contributed by atoms with van der Waals surface area (Å²) in [5.74, 6) is -0.266. The third kappa shape index (κ3) is 5.17. The molecule has 2 amide bonds. The molecule has 3 rings (SSSR count). The molecule has 1 aliphatic heterocycles. The molecule has 1 unspecified atom stereocenters. The van der Waals surface area contributed by atoms with Crippen LogP contribution in [-0.4, -0.2) is 47.0 Å². The molecule has 0 radical (unpaired) electrons. The lowest BCUT2D eigenvalue weighted by molar-refractivity contribution is -0.126. The van der Waals surface area contributed by atoms with Crippen LogP contribution in [0.25, 0.3) is 0 Å². The molecule has 1 fully saturated rings. The minimum absolute atomic E-state index is 0.0578. The monoisotopic (exact) mass is 431 g/mol. The van der Waals surface area contributed by atoms with E-state index in [-0.39, 0.29) is 42.8 Å². The smallest absolute Gasteiger partial charge is 0.240 e. The number of rotatable bonds is 8. The van der Waals surface area contributed by atoms with Gasteiger partial charge in [-0.1, -0.05) is 23.8 Å². The van der Waals surface area contributed by atoms with Gasteiger partial charge in [0.15, 0.2) is 0 Å².